The highest BCUT2D eigenvalue weighted by Gasteiger charge is 2.20. The third-order valence-corrected chi connectivity index (χ3v) is 4.93. The lowest BCUT2D eigenvalue weighted by atomic mass is 9.96. The van der Waals surface area contributed by atoms with E-state index in [1.807, 2.05) is 31.2 Å². The molecule has 0 spiro atoms. The fraction of sp³-hybridized carbons (Fsp3) is 0.250. The summed E-state index contributed by atoms with van der Waals surface area (Å²) >= 11 is 0. The number of carbonyl (C=O) groups is 1. The Hall–Kier alpha value is -2.99. The van der Waals surface area contributed by atoms with E-state index < -0.39 is 0 Å². The van der Waals surface area contributed by atoms with Gasteiger partial charge in [0.2, 0.25) is 5.78 Å². The van der Waals surface area contributed by atoms with Crippen LogP contribution in [0.25, 0.3) is 5.57 Å². The largest absolute Gasteiger partial charge is 0.283 e. The predicted molar refractivity (Wildman–Crippen MR) is 105 cm³/mol. The molecule has 0 amide bonds. The van der Waals surface area contributed by atoms with Gasteiger partial charge in [-0.2, -0.15) is 5.26 Å². The first kappa shape index (κ1) is 18.8. The van der Waals surface area contributed by atoms with E-state index in [0.29, 0.717) is 6.42 Å². The Labute approximate surface area is 159 Å². The van der Waals surface area contributed by atoms with Crippen LogP contribution < -0.4 is 0 Å². The summed E-state index contributed by atoms with van der Waals surface area (Å²) in [6.45, 7) is 2.00. The number of hydrogen-bond donors (Lipinski definition) is 0. The molecule has 3 rings (SSSR count). The van der Waals surface area contributed by atoms with E-state index in [9.17, 15) is 9.18 Å². The van der Waals surface area contributed by atoms with Gasteiger partial charge in [-0.15, -0.1) is 0 Å². The molecule has 1 aliphatic carbocycles. The molecule has 0 N–H and O–H groups in total. The molecule has 27 heavy (non-hydrogen) atoms. The van der Waals surface area contributed by atoms with Crippen LogP contribution in [-0.2, 0) is 11.2 Å². The summed E-state index contributed by atoms with van der Waals surface area (Å²) in [4.78, 5) is 11.2. The molecule has 0 heterocycles. The van der Waals surface area contributed by atoms with E-state index in [1.54, 1.807) is 6.07 Å². The number of ketones is 1. The molecule has 0 saturated heterocycles. The number of nitrogens with zero attached hydrogens (tertiary/aromatic N) is 1. The molecule has 2 aromatic carbocycles. The van der Waals surface area contributed by atoms with Crippen LogP contribution in [0.1, 0.15) is 42.9 Å². The van der Waals surface area contributed by atoms with Gasteiger partial charge in [-0.1, -0.05) is 55.5 Å². The quantitative estimate of drug-likeness (QED) is 0.600. The maximum Gasteiger partial charge on any atom is 0.232 e. The van der Waals surface area contributed by atoms with Crippen LogP contribution in [0.2, 0.25) is 0 Å². The lowest BCUT2D eigenvalue weighted by Gasteiger charge is -2.08. The van der Waals surface area contributed by atoms with Gasteiger partial charge in [0, 0.05) is 6.42 Å². The average Bonchev–Trinajstić information content (AvgIpc) is 3.04. The fourth-order valence-electron chi connectivity index (χ4n) is 3.56. The Morgan fingerprint density at radius 1 is 1.22 bits per heavy atom. The van der Waals surface area contributed by atoms with Crippen molar-refractivity contribution < 1.29 is 9.18 Å². The molecule has 0 radical (unpaired) electrons. The number of Topliss-reactive ketones (excluding diaryl/α,β-unsaturated/α-hetero) is 1. The lowest BCUT2D eigenvalue weighted by molar-refractivity contribution is -0.114. The van der Waals surface area contributed by atoms with Crippen molar-refractivity contribution in [3.8, 4) is 6.07 Å². The molecule has 0 unspecified atom stereocenters. The second-order valence-corrected chi connectivity index (χ2v) is 7.07. The molecule has 2 aromatic rings. The molecule has 1 atom stereocenters. The molecule has 2 nitrogen and oxygen atoms in total. The van der Waals surface area contributed by atoms with Crippen molar-refractivity contribution in [2.45, 2.75) is 32.6 Å². The number of carbonyl (C=O) groups excluding carboxylic acids is 1. The number of nitriles is 1. The first-order valence-electron chi connectivity index (χ1n) is 9.25. The van der Waals surface area contributed by atoms with E-state index in [4.69, 9.17) is 5.26 Å². The lowest BCUT2D eigenvalue weighted by Crippen LogP contribution is -2.02. The minimum atomic E-state index is -0.348. The number of allylic oxidation sites excluding steroid dienone is 3. The number of fused-ring (bicyclic) bond motifs is 1. The molecule has 3 heteroatoms. The summed E-state index contributed by atoms with van der Waals surface area (Å²) in [5.41, 5.74) is 5.90. The Kier molecular flexibility index (Phi) is 5.98. The van der Waals surface area contributed by atoms with Gasteiger partial charge < -0.3 is 0 Å². The van der Waals surface area contributed by atoms with Crippen molar-refractivity contribution in [1.29, 1.82) is 5.26 Å². The van der Waals surface area contributed by atoms with Gasteiger partial charge in [0.1, 0.15) is 11.9 Å². The minimum absolute atomic E-state index is 0.202. The molecule has 0 fully saturated rings. The Morgan fingerprint density at radius 3 is 2.70 bits per heavy atom. The van der Waals surface area contributed by atoms with Crippen LogP contribution in [0.5, 0.6) is 0 Å². The molecule has 136 valence electrons. The van der Waals surface area contributed by atoms with Crippen LogP contribution in [0, 0.1) is 23.1 Å². The molecular formula is C24H22FNO. The number of rotatable bonds is 7. The number of hydrogen-bond acceptors (Lipinski definition) is 2. The van der Waals surface area contributed by atoms with E-state index in [0.717, 1.165) is 30.4 Å². The number of benzene rings is 2. The highest BCUT2D eigenvalue weighted by molar-refractivity contribution is 5.93. The smallest absolute Gasteiger partial charge is 0.232 e. The van der Waals surface area contributed by atoms with Crippen molar-refractivity contribution in [3.05, 3.63) is 88.8 Å². The van der Waals surface area contributed by atoms with Gasteiger partial charge in [-0.3, -0.25) is 4.79 Å². The van der Waals surface area contributed by atoms with E-state index in [1.165, 1.54) is 28.8 Å². The second-order valence-electron chi connectivity index (χ2n) is 7.07. The van der Waals surface area contributed by atoms with Crippen LogP contribution in [0.15, 0.2) is 66.3 Å². The zero-order chi connectivity index (χ0) is 19.2. The summed E-state index contributed by atoms with van der Waals surface area (Å²) in [5.74, 6) is -0.379. The molecule has 0 aromatic heterocycles. The molecule has 0 bridgehead atoms. The maximum atomic E-state index is 13.3. The van der Waals surface area contributed by atoms with Crippen molar-refractivity contribution >= 4 is 11.4 Å². The Bertz CT molecular complexity index is 932. The van der Waals surface area contributed by atoms with Gasteiger partial charge in [-0.25, -0.2) is 4.39 Å². The average molecular weight is 359 g/mol. The van der Waals surface area contributed by atoms with Gasteiger partial charge in [0.05, 0.1) is 0 Å². The Morgan fingerprint density at radius 2 is 1.96 bits per heavy atom. The predicted octanol–water partition coefficient (Wildman–Crippen LogP) is 5.64. The van der Waals surface area contributed by atoms with Crippen LogP contribution in [-0.4, -0.2) is 5.78 Å². The van der Waals surface area contributed by atoms with E-state index >= 15 is 0 Å². The zero-order valence-electron chi connectivity index (χ0n) is 15.4. The van der Waals surface area contributed by atoms with Crippen molar-refractivity contribution in [2.75, 3.05) is 0 Å². The summed E-state index contributed by atoms with van der Waals surface area (Å²) in [7, 11) is 0. The summed E-state index contributed by atoms with van der Waals surface area (Å²) in [5, 5.41) is 8.60. The van der Waals surface area contributed by atoms with Gasteiger partial charge >= 0.3 is 0 Å². The molecule has 1 aliphatic rings. The SMILES string of the molecule is C[C@H](CC/C=C/C1=C(c2ccc(F)cc2)c2ccccc2C1)CC(=O)C#N. The standard InChI is InChI=1S/C24H22FNO/c1-17(14-22(27)16-26)6-2-3-8-20-15-19-7-4-5-9-23(19)24(20)18-10-12-21(25)13-11-18/h3-5,7-13,17H,2,6,14-15H2,1H3/b8-3+/t17-/m1/s1. The monoisotopic (exact) mass is 359 g/mol. The van der Waals surface area contributed by atoms with Gasteiger partial charge in [0.15, 0.2) is 0 Å². The first-order chi connectivity index (χ1) is 13.1. The minimum Gasteiger partial charge on any atom is -0.283 e. The third-order valence-electron chi connectivity index (χ3n) is 4.93. The van der Waals surface area contributed by atoms with Gasteiger partial charge in [0.25, 0.3) is 0 Å². The fourth-order valence-corrected chi connectivity index (χ4v) is 3.56. The first-order valence-corrected chi connectivity index (χ1v) is 9.25. The second kappa shape index (κ2) is 8.60. The molecular weight excluding hydrogens is 337 g/mol. The van der Waals surface area contributed by atoms with Crippen molar-refractivity contribution in [1.82, 2.24) is 0 Å². The van der Waals surface area contributed by atoms with Crippen LogP contribution >= 0.6 is 0 Å². The molecule has 0 saturated carbocycles. The van der Waals surface area contributed by atoms with Crippen LogP contribution in [0.4, 0.5) is 4.39 Å². The van der Waals surface area contributed by atoms with Crippen molar-refractivity contribution in [3.63, 3.8) is 0 Å². The molecule has 0 aliphatic heterocycles. The van der Waals surface area contributed by atoms with E-state index in [-0.39, 0.29) is 17.5 Å². The topological polar surface area (TPSA) is 40.9 Å². The zero-order valence-corrected chi connectivity index (χ0v) is 15.4. The van der Waals surface area contributed by atoms with Crippen LogP contribution in [0.3, 0.4) is 0 Å². The number of halogens is 1. The normalized spacial score (nSPS) is 14.3. The Balaban J connectivity index is 1.77. The summed E-state index contributed by atoms with van der Waals surface area (Å²) in [6.07, 6.45) is 7.20. The highest BCUT2D eigenvalue weighted by atomic mass is 19.1. The summed E-state index contributed by atoms with van der Waals surface area (Å²) in [6, 6.07) is 16.7. The maximum absolute atomic E-state index is 13.3. The van der Waals surface area contributed by atoms with Gasteiger partial charge in [-0.05, 0) is 65.1 Å². The van der Waals surface area contributed by atoms with E-state index in [2.05, 4.69) is 24.3 Å². The third kappa shape index (κ3) is 4.60. The van der Waals surface area contributed by atoms with Crippen molar-refractivity contribution in [2.24, 2.45) is 5.92 Å². The summed E-state index contributed by atoms with van der Waals surface area (Å²) < 4.78 is 13.3. The highest BCUT2D eigenvalue weighted by Crippen LogP contribution is 2.38.